The molecule has 0 aromatic heterocycles. The summed E-state index contributed by atoms with van der Waals surface area (Å²) in [6, 6.07) is 0. The zero-order chi connectivity index (χ0) is 13.1. The summed E-state index contributed by atoms with van der Waals surface area (Å²) in [6.45, 7) is 2.11. The summed E-state index contributed by atoms with van der Waals surface area (Å²) in [5, 5.41) is 2.53. The van der Waals surface area contributed by atoms with E-state index >= 15 is 0 Å². The van der Waals surface area contributed by atoms with Crippen molar-refractivity contribution in [1.82, 2.24) is 5.09 Å². The summed E-state index contributed by atoms with van der Waals surface area (Å²) in [4.78, 5) is 0. The molecule has 0 aromatic carbocycles. The third-order valence-corrected chi connectivity index (χ3v) is 3.67. The van der Waals surface area contributed by atoms with Crippen molar-refractivity contribution in [2.45, 2.75) is 26.6 Å². The lowest BCUT2D eigenvalue weighted by molar-refractivity contribution is -0.142. The van der Waals surface area contributed by atoms with E-state index in [2.05, 4.69) is 5.09 Å². The molecular formula is C9H20Cl2NO4P. The van der Waals surface area contributed by atoms with Gasteiger partial charge in [0.25, 0.3) is 0 Å². The van der Waals surface area contributed by atoms with Crippen molar-refractivity contribution in [2.24, 2.45) is 0 Å². The minimum absolute atomic E-state index is 0.195. The molecule has 0 aliphatic carbocycles. The van der Waals surface area contributed by atoms with E-state index in [0.717, 1.165) is 0 Å². The average molecular weight is 308 g/mol. The normalized spacial score (nSPS) is 15.1. The molecule has 0 radical (unpaired) electrons. The quantitative estimate of drug-likeness (QED) is 0.361. The molecule has 0 spiro atoms. The van der Waals surface area contributed by atoms with Gasteiger partial charge in [-0.3, -0.25) is 4.57 Å². The summed E-state index contributed by atoms with van der Waals surface area (Å²) >= 11 is 11.1. The number of alkyl halides is 1. The number of hydrogen-bond donors (Lipinski definition) is 1. The van der Waals surface area contributed by atoms with Crippen molar-refractivity contribution in [1.29, 1.82) is 0 Å². The summed E-state index contributed by atoms with van der Waals surface area (Å²) in [5.74, 6) is 0.320. The van der Waals surface area contributed by atoms with Crippen LogP contribution >= 0.6 is 29.7 Å². The first-order valence-corrected chi connectivity index (χ1v) is 8.60. The average Bonchev–Trinajstić information content (AvgIpc) is 2.27. The fourth-order valence-corrected chi connectivity index (χ4v) is 2.57. The monoisotopic (exact) mass is 307 g/mol. The summed E-state index contributed by atoms with van der Waals surface area (Å²) < 4.78 is 27.2. The highest BCUT2D eigenvalue weighted by Crippen LogP contribution is 2.47. The van der Waals surface area contributed by atoms with Gasteiger partial charge in [-0.25, -0.2) is 5.09 Å². The molecule has 0 rings (SSSR count). The Morgan fingerprint density at radius 2 is 1.88 bits per heavy atom. The molecule has 0 aliphatic rings. The van der Waals surface area contributed by atoms with Gasteiger partial charge in [0.15, 0.2) is 6.29 Å². The smallest absolute Gasteiger partial charge is 0.353 e. The van der Waals surface area contributed by atoms with E-state index in [1.54, 1.807) is 0 Å². The van der Waals surface area contributed by atoms with Crippen molar-refractivity contribution in [3.8, 4) is 0 Å². The zero-order valence-corrected chi connectivity index (χ0v) is 12.6. The molecule has 0 aromatic rings. The molecule has 5 nitrogen and oxygen atoms in total. The fourth-order valence-electron chi connectivity index (χ4n) is 1.07. The third kappa shape index (κ3) is 10.3. The van der Waals surface area contributed by atoms with Crippen molar-refractivity contribution in [2.75, 3.05) is 32.2 Å². The molecule has 104 valence electrons. The predicted octanol–water partition coefficient (Wildman–Crippen LogP) is 2.97. The van der Waals surface area contributed by atoms with Gasteiger partial charge in [0, 0.05) is 32.1 Å². The van der Waals surface area contributed by atoms with Crippen molar-refractivity contribution < 1.29 is 18.6 Å². The van der Waals surface area contributed by atoms with E-state index < -0.39 is 6.87 Å². The van der Waals surface area contributed by atoms with Crippen molar-refractivity contribution in [3.63, 3.8) is 0 Å². The number of ether oxygens (including phenoxy) is 2. The molecule has 0 aliphatic heterocycles. The van der Waals surface area contributed by atoms with Gasteiger partial charge < -0.3 is 14.0 Å². The van der Waals surface area contributed by atoms with Gasteiger partial charge in [-0.05, 0) is 25.1 Å². The van der Waals surface area contributed by atoms with Gasteiger partial charge in [-0.1, -0.05) is 0 Å². The molecule has 17 heavy (non-hydrogen) atoms. The molecule has 1 N–H and O–H groups in total. The molecule has 0 heterocycles. The first-order chi connectivity index (χ1) is 8.05. The maximum atomic E-state index is 11.6. The van der Waals surface area contributed by atoms with Crippen LogP contribution in [0.4, 0.5) is 0 Å². The Balaban J connectivity index is 3.81. The predicted molar refractivity (Wildman–Crippen MR) is 69.8 cm³/mol. The second-order valence-corrected chi connectivity index (χ2v) is 6.29. The number of hydrogen-bond acceptors (Lipinski definition) is 4. The van der Waals surface area contributed by atoms with Crippen LogP contribution in [0.2, 0.25) is 0 Å². The number of rotatable bonds is 11. The van der Waals surface area contributed by atoms with Crippen LogP contribution in [0.3, 0.4) is 0 Å². The third-order valence-electron chi connectivity index (χ3n) is 1.71. The van der Waals surface area contributed by atoms with Crippen LogP contribution < -0.4 is 5.09 Å². The molecule has 0 fully saturated rings. The topological polar surface area (TPSA) is 56.8 Å². The Morgan fingerprint density at radius 1 is 1.29 bits per heavy atom. The molecule has 1 atom stereocenters. The van der Waals surface area contributed by atoms with E-state index in [1.807, 2.05) is 13.8 Å². The van der Waals surface area contributed by atoms with Crippen LogP contribution in [-0.2, 0) is 18.6 Å². The van der Waals surface area contributed by atoms with Gasteiger partial charge in [-0.2, -0.15) is 0 Å². The highest BCUT2D eigenvalue weighted by atomic mass is 35.7. The molecule has 0 saturated heterocycles. The highest BCUT2D eigenvalue weighted by molar-refractivity contribution is 7.83. The largest absolute Gasteiger partial charge is 0.360 e. The van der Waals surface area contributed by atoms with Crippen LogP contribution in [0.5, 0.6) is 0 Å². The molecule has 1 unspecified atom stereocenters. The van der Waals surface area contributed by atoms with E-state index in [1.165, 1.54) is 0 Å². The van der Waals surface area contributed by atoms with Crippen LogP contribution in [0.1, 0.15) is 20.3 Å². The zero-order valence-electron chi connectivity index (χ0n) is 10.2. The SMILES string of the molecule is CCOC(CCOP(=O)(Cl)NCCCl)OCC. The van der Waals surface area contributed by atoms with Crippen molar-refractivity contribution in [3.05, 3.63) is 0 Å². The minimum Gasteiger partial charge on any atom is -0.353 e. The molecule has 0 amide bonds. The van der Waals surface area contributed by atoms with E-state index in [4.69, 9.17) is 36.8 Å². The summed E-state index contributed by atoms with van der Waals surface area (Å²) in [5.41, 5.74) is 0. The Kier molecular flexibility index (Phi) is 11.0. The maximum Gasteiger partial charge on any atom is 0.360 e. The van der Waals surface area contributed by atoms with Gasteiger partial charge >= 0.3 is 6.87 Å². The van der Waals surface area contributed by atoms with Crippen molar-refractivity contribution >= 4 is 29.7 Å². The Hall–Kier alpha value is 0.650. The van der Waals surface area contributed by atoms with E-state index in [0.29, 0.717) is 32.1 Å². The Morgan fingerprint density at radius 3 is 2.35 bits per heavy atom. The standard InChI is InChI=1S/C9H20Cl2NO4P/c1-3-14-9(15-4-2)5-8-16-17(11,13)12-7-6-10/h9H,3-8H2,1-2H3,(H,12,13). The number of halogens is 2. The Labute approximate surface area is 112 Å². The minimum atomic E-state index is -3.28. The highest BCUT2D eigenvalue weighted by Gasteiger charge is 2.19. The van der Waals surface area contributed by atoms with Gasteiger partial charge in [-0.15, -0.1) is 11.6 Å². The molecule has 8 heteroatoms. The van der Waals surface area contributed by atoms with E-state index in [9.17, 15) is 4.57 Å². The van der Waals surface area contributed by atoms with Crippen LogP contribution in [0, 0.1) is 0 Å². The first-order valence-electron chi connectivity index (χ1n) is 5.54. The maximum absolute atomic E-state index is 11.6. The molecule has 0 saturated carbocycles. The lowest BCUT2D eigenvalue weighted by atomic mass is 10.4. The summed E-state index contributed by atoms with van der Waals surface area (Å²) in [7, 11) is 0. The molecule has 0 bridgehead atoms. The second-order valence-electron chi connectivity index (χ2n) is 3.04. The lowest BCUT2D eigenvalue weighted by Crippen LogP contribution is -2.20. The van der Waals surface area contributed by atoms with Gasteiger partial charge in [0.2, 0.25) is 0 Å². The van der Waals surface area contributed by atoms with E-state index in [-0.39, 0.29) is 12.9 Å². The second kappa shape index (κ2) is 10.6. The van der Waals surface area contributed by atoms with Crippen LogP contribution in [-0.4, -0.2) is 38.5 Å². The lowest BCUT2D eigenvalue weighted by Gasteiger charge is -2.18. The van der Waals surface area contributed by atoms with Crippen LogP contribution in [0.15, 0.2) is 0 Å². The van der Waals surface area contributed by atoms with Crippen LogP contribution in [0.25, 0.3) is 0 Å². The first kappa shape index (κ1) is 17.6. The van der Waals surface area contributed by atoms with Gasteiger partial charge in [0.05, 0.1) is 6.61 Å². The number of nitrogens with one attached hydrogen (secondary N) is 1. The van der Waals surface area contributed by atoms with Gasteiger partial charge in [0.1, 0.15) is 0 Å². The fraction of sp³-hybridized carbons (Fsp3) is 1.00. The summed E-state index contributed by atoms with van der Waals surface area (Å²) in [6.07, 6.45) is 0.121. The Bertz CT molecular complexity index is 227. The molecular weight excluding hydrogens is 288 g/mol.